The number of benzene rings is 1. The quantitative estimate of drug-likeness (QED) is 0.352. The largest absolute Gasteiger partial charge is 0.338 e. The van der Waals surface area contributed by atoms with E-state index in [1.54, 1.807) is 27.5 Å². The van der Waals surface area contributed by atoms with Crippen molar-refractivity contribution in [2.75, 3.05) is 23.8 Å². The van der Waals surface area contributed by atoms with E-state index in [1.165, 1.54) is 16.3 Å². The van der Waals surface area contributed by atoms with Gasteiger partial charge in [0.2, 0.25) is 11.7 Å². The van der Waals surface area contributed by atoms with E-state index in [1.807, 2.05) is 26.0 Å². The van der Waals surface area contributed by atoms with Crippen molar-refractivity contribution in [2.24, 2.45) is 5.92 Å². The van der Waals surface area contributed by atoms with Crippen molar-refractivity contribution in [3.05, 3.63) is 47.3 Å². The Morgan fingerprint density at radius 1 is 1.33 bits per heavy atom. The summed E-state index contributed by atoms with van der Waals surface area (Å²) < 4.78 is 27.3. The Morgan fingerprint density at radius 2 is 2.09 bits per heavy atom. The van der Waals surface area contributed by atoms with Crippen LogP contribution in [0.1, 0.15) is 20.3 Å². The van der Waals surface area contributed by atoms with Crippen LogP contribution < -0.4 is 5.56 Å². The molecule has 11 heteroatoms. The summed E-state index contributed by atoms with van der Waals surface area (Å²) in [5, 5.41) is 9.50. The summed E-state index contributed by atoms with van der Waals surface area (Å²) in [6, 6.07) is 6.92. The molecule has 0 N–H and O–H groups in total. The van der Waals surface area contributed by atoms with Crippen LogP contribution >= 0.6 is 11.8 Å². The van der Waals surface area contributed by atoms with Crippen molar-refractivity contribution in [3.63, 3.8) is 0 Å². The van der Waals surface area contributed by atoms with Crippen LogP contribution in [0.15, 0.2) is 46.9 Å². The molecule has 3 aromatic rings. The highest BCUT2D eigenvalue weighted by Gasteiger charge is 2.35. The molecule has 0 bridgehead atoms. The predicted octanol–water partition coefficient (Wildman–Crippen LogP) is 1.99. The summed E-state index contributed by atoms with van der Waals surface area (Å²) >= 11 is 1.23. The van der Waals surface area contributed by atoms with E-state index in [0.717, 1.165) is 0 Å². The van der Waals surface area contributed by atoms with Gasteiger partial charge >= 0.3 is 0 Å². The highest BCUT2D eigenvalue weighted by molar-refractivity contribution is 7.99. The molecule has 1 fully saturated rings. The molecule has 33 heavy (non-hydrogen) atoms. The number of sulfone groups is 1. The van der Waals surface area contributed by atoms with Crippen molar-refractivity contribution < 1.29 is 13.2 Å². The zero-order valence-electron chi connectivity index (χ0n) is 18.7. The van der Waals surface area contributed by atoms with Gasteiger partial charge in [0.1, 0.15) is 0 Å². The number of rotatable bonds is 8. The van der Waals surface area contributed by atoms with E-state index in [9.17, 15) is 18.0 Å². The number of hydrogen-bond acceptors (Lipinski definition) is 7. The van der Waals surface area contributed by atoms with Crippen LogP contribution in [0.3, 0.4) is 0 Å². The molecule has 1 aliphatic heterocycles. The fourth-order valence-electron chi connectivity index (χ4n) is 4.20. The summed E-state index contributed by atoms with van der Waals surface area (Å²) in [4.78, 5) is 27.8. The first-order chi connectivity index (χ1) is 15.7. The normalized spacial score (nSPS) is 17.7. The number of nitrogens with zero attached hydrogens (tertiary/aromatic N) is 5. The summed E-state index contributed by atoms with van der Waals surface area (Å²) in [5.74, 6) is 0.703. The maximum atomic E-state index is 13.2. The Bertz CT molecular complexity index is 1380. The van der Waals surface area contributed by atoms with Gasteiger partial charge in [-0.05, 0) is 24.5 Å². The smallest absolute Gasteiger partial charge is 0.263 e. The van der Waals surface area contributed by atoms with Gasteiger partial charge < -0.3 is 4.90 Å². The second-order valence-corrected chi connectivity index (χ2v) is 11.8. The number of aromatic nitrogens is 4. The third kappa shape index (κ3) is 4.70. The molecule has 0 saturated carbocycles. The third-order valence-corrected chi connectivity index (χ3v) is 8.31. The number of para-hydroxylation sites is 1. The first kappa shape index (κ1) is 23.5. The standard InChI is InChI=1S/C22H27N5O4S2/c1-4-10-25-20(29)17-7-5-6-8-18(17)27-21(25)23-24-22(27)32-13-19(28)26(12-15(2)3)16-9-11-33(30,31)14-16/h4-8,15-16H,1,9-14H2,2-3H3. The molecule has 176 valence electrons. The molecule has 4 rings (SSSR count). The van der Waals surface area contributed by atoms with E-state index < -0.39 is 9.84 Å². The number of amides is 1. The minimum absolute atomic E-state index is 0.0163. The fourth-order valence-corrected chi connectivity index (χ4v) is 6.76. The van der Waals surface area contributed by atoms with Crippen molar-refractivity contribution in [1.29, 1.82) is 0 Å². The van der Waals surface area contributed by atoms with Gasteiger partial charge in [-0.25, -0.2) is 8.42 Å². The monoisotopic (exact) mass is 489 g/mol. The van der Waals surface area contributed by atoms with Gasteiger partial charge in [0.15, 0.2) is 15.0 Å². The zero-order chi connectivity index (χ0) is 23.8. The second kappa shape index (κ2) is 9.30. The molecule has 2 aromatic heterocycles. The molecule has 9 nitrogen and oxygen atoms in total. The number of carbonyl (C=O) groups excluding carboxylic acids is 1. The highest BCUT2D eigenvalue weighted by Crippen LogP contribution is 2.24. The third-order valence-electron chi connectivity index (χ3n) is 5.65. The van der Waals surface area contributed by atoms with E-state index >= 15 is 0 Å². The Hall–Kier alpha value is -2.66. The lowest BCUT2D eigenvalue weighted by Gasteiger charge is -2.29. The van der Waals surface area contributed by atoms with Crippen LogP contribution in [0.4, 0.5) is 0 Å². The van der Waals surface area contributed by atoms with Crippen LogP contribution in [-0.2, 0) is 21.2 Å². The maximum absolute atomic E-state index is 13.2. The molecule has 0 radical (unpaired) electrons. The molecular formula is C22H27N5O4S2. The Kier molecular flexibility index (Phi) is 6.62. The van der Waals surface area contributed by atoms with Crippen LogP contribution in [0.25, 0.3) is 16.7 Å². The lowest BCUT2D eigenvalue weighted by atomic mass is 10.1. The van der Waals surface area contributed by atoms with Crippen LogP contribution in [-0.4, -0.2) is 68.2 Å². The van der Waals surface area contributed by atoms with Gasteiger partial charge in [-0.3, -0.25) is 18.6 Å². The van der Waals surface area contributed by atoms with Gasteiger partial charge in [-0.15, -0.1) is 16.8 Å². The predicted molar refractivity (Wildman–Crippen MR) is 129 cm³/mol. The Balaban J connectivity index is 1.66. The Labute approximate surface area is 196 Å². The van der Waals surface area contributed by atoms with Crippen LogP contribution in [0.5, 0.6) is 0 Å². The fraction of sp³-hybridized carbons (Fsp3) is 0.455. The molecule has 1 aliphatic rings. The highest BCUT2D eigenvalue weighted by atomic mass is 32.2. The number of hydrogen-bond donors (Lipinski definition) is 0. The maximum Gasteiger partial charge on any atom is 0.263 e. The molecule has 1 atom stereocenters. The van der Waals surface area contributed by atoms with Crippen molar-refractivity contribution >= 4 is 44.2 Å². The van der Waals surface area contributed by atoms with Gasteiger partial charge in [0, 0.05) is 19.1 Å². The van der Waals surface area contributed by atoms with Crippen molar-refractivity contribution in [2.45, 2.75) is 38.0 Å². The molecule has 3 heterocycles. The van der Waals surface area contributed by atoms with E-state index in [4.69, 9.17) is 0 Å². The van der Waals surface area contributed by atoms with E-state index in [-0.39, 0.29) is 47.2 Å². The lowest BCUT2D eigenvalue weighted by molar-refractivity contribution is -0.130. The van der Waals surface area contributed by atoms with Crippen molar-refractivity contribution in [1.82, 2.24) is 24.1 Å². The topological polar surface area (TPSA) is 107 Å². The van der Waals surface area contributed by atoms with Gasteiger partial charge in [0.25, 0.3) is 5.56 Å². The van der Waals surface area contributed by atoms with Gasteiger partial charge in [0.05, 0.1) is 28.2 Å². The molecule has 0 aliphatic carbocycles. The SMILES string of the molecule is C=CCn1c(=O)c2ccccc2n2c(SCC(=O)N(CC(C)C)C3CCS(=O)(=O)C3)nnc12. The zero-order valence-corrected chi connectivity index (χ0v) is 20.3. The minimum Gasteiger partial charge on any atom is -0.338 e. The Morgan fingerprint density at radius 3 is 2.76 bits per heavy atom. The molecule has 1 amide bonds. The van der Waals surface area contributed by atoms with Gasteiger partial charge in [-0.2, -0.15) is 0 Å². The number of carbonyl (C=O) groups is 1. The molecule has 1 unspecified atom stereocenters. The van der Waals surface area contributed by atoms with Crippen LogP contribution in [0, 0.1) is 5.92 Å². The average molecular weight is 490 g/mol. The lowest BCUT2D eigenvalue weighted by Crippen LogP contribution is -2.44. The first-order valence-electron chi connectivity index (χ1n) is 10.8. The van der Waals surface area contributed by atoms with Crippen molar-refractivity contribution in [3.8, 4) is 0 Å². The molecular weight excluding hydrogens is 462 g/mol. The molecule has 0 spiro atoms. The number of thioether (sulfide) groups is 1. The first-order valence-corrected chi connectivity index (χ1v) is 13.6. The summed E-state index contributed by atoms with van der Waals surface area (Å²) in [5.41, 5.74) is 0.488. The summed E-state index contributed by atoms with van der Waals surface area (Å²) in [6.45, 7) is 8.53. The number of allylic oxidation sites excluding steroid dienone is 1. The summed E-state index contributed by atoms with van der Waals surface area (Å²) in [6.07, 6.45) is 2.10. The van der Waals surface area contributed by atoms with E-state index in [0.29, 0.717) is 34.8 Å². The summed E-state index contributed by atoms with van der Waals surface area (Å²) in [7, 11) is -3.10. The number of fused-ring (bicyclic) bond motifs is 3. The molecule has 1 aromatic carbocycles. The second-order valence-electron chi connectivity index (χ2n) is 8.63. The van der Waals surface area contributed by atoms with E-state index in [2.05, 4.69) is 16.8 Å². The minimum atomic E-state index is -3.10. The average Bonchev–Trinajstić information content (AvgIpc) is 3.36. The molecule has 1 saturated heterocycles. The van der Waals surface area contributed by atoms with Gasteiger partial charge in [-0.1, -0.05) is 43.8 Å². The van der Waals surface area contributed by atoms with Crippen LogP contribution in [0.2, 0.25) is 0 Å².